The second-order valence-corrected chi connectivity index (χ2v) is 9.28. The SMILES string of the molecule is Cc1ccc(NC(=O)c2cc(C(F)(F)F)ccn2)cc1-c1cc2cnc(=Nc3ccncc3F)nc-2n2c1NCC2. The molecule has 2 N–H and O–H groups in total. The molecule has 13 heteroatoms. The Morgan fingerprint density at radius 3 is 2.71 bits per heavy atom. The minimum absolute atomic E-state index is 0.0746. The number of fused-ring (bicyclic) bond motifs is 3. The van der Waals surface area contributed by atoms with Crippen LogP contribution in [0.3, 0.4) is 0 Å². The Morgan fingerprint density at radius 2 is 1.90 bits per heavy atom. The van der Waals surface area contributed by atoms with Gasteiger partial charge >= 0.3 is 6.18 Å². The molecule has 0 saturated heterocycles. The predicted octanol–water partition coefficient (Wildman–Crippen LogP) is 5.22. The molecule has 1 amide bonds. The second kappa shape index (κ2) is 10.1. The number of aromatic nitrogens is 5. The van der Waals surface area contributed by atoms with E-state index in [1.165, 1.54) is 12.3 Å². The molecule has 0 atom stereocenters. The normalized spacial score (nSPS) is 13.2. The summed E-state index contributed by atoms with van der Waals surface area (Å²) in [6, 6.07) is 10.1. The van der Waals surface area contributed by atoms with Gasteiger partial charge in [-0.25, -0.2) is 14.4 Å². The summed E-state index contributed by atoms with van der Waals surface area (Å²) in [6.45, 7) is 3.15. The molecule has 0 fully saturated rings. The third-order valence-electron chi connectivity index (χ3n) is 6.57. The van der Waals surface area contributed by atoms with Crippen LogP contribution in [0.15, 0.2) is 72.2 Å². The Morgan fingerprint density at radius 1 is 1.05 bits per heavy atom. The summed E-state index contributed by atoms with van der Waals surface area (Å²) < 4.78 is 55.3. The number of hydrogen-bond acceptors (Lipinski definition) is 7. The third-order valence-corrected chi connectivity index (χ3v) is 6.57. The van der Waals surface area contributed by atoms with Crippen molar-refractivity contribution in [2.24, 2.45) is 4.99 Å². The lowest BCUT2D eigenvalue weighted by atomic mass is 9.98. The molecule has 5 heterocycles. The molecule has 41 heavy (non-hydrogen) atoms. The maximum atomic E-state index is 14.1. The first-order valence-electron chi connectivity index (χ1n) is 12.4. The Bertz CT molecular complexity index is 1850. The van der Waals surface area contributed by atoms with Crippen molar-refractivity contribution in [3.8, 4) is 22.5 Å². The second-order valence-electron chi connectivity index (χ2n) is 9.28. The average Bonchev–Trinajstić information content (AvgIpc) is 3.45. The van der Waals surface area contributed by atoms with Crippen LogP contribution >= 0.6 is 0 Å². The number of carbonyl (C=O) groups excluding carboxylic acids is 1. The third kappa shape index (κ3) is 5.09. The number of alkyl halides is 3. The van der Waals surface area contributed by atoms with Crippen molar-refractivity contribution >= 4 is 23.1 Å². The van der Waals surface area contributed by atoms with Crippen molar-refractivity contribution in [3.63, 3.8) is 0 Å². The van der Waals surface area contributed by atoms with Crippen molar-refractivity contribution in [2.45, 2.75) is 19.6 Å². The van der Waals surface area contributed by atoms with Crippen molar-refractivity contribution in [3.05, 3.63) is 95.5 Å². The molecule has 9 nitrogen and oxygen atoms in total. The molecule has 3 aliphatic rings. The Hall–Kier alpha value is -5.20. The zero-order chi connectivity index (χ0) is 28.7. The summed E-state index contributed by atoms with van der Waals surface area (Å²) in [7, 11) is 0. The Kier molecular flexibility index (Phi) is 6.40. The molecule has 6 rings (SSSR count). The Labute approximate surface area is 230 Å². The van der Waals surface area contributed by atoms with Gasteiger partial charge in [-0.15, -0.1) is 0 Å². The molecule has 3 aromatic rings. The fourth-order valence-electron chi connectivity index (χ4n) is 4.60. The highest BCUT2D eigenvalue weighted by molar-refractivity contribution is 6.03. The maximum Gasteiger partial charge on any atom is 0.416 e. The average molecular weight is 561 g/mol. The molecular formula is C28H20F4N8O. The number of hydrogen-bond donors (Lipinski definition) is 2. The van der Waals surface area contributed by atoms with Crippen LogP contribution in [0.1, 0.15) is 21.6 Å². The highest BCUT2D eigenvalue weighted by Crippen LogP contribution is 2.39. The van der Waals surface area contributed by atoms with Crippen LogP contribution in [0.25, 0.3) is 22.5 Å². The van der Waals surface area contributed by atoms with Crippen LogP contribution in [0, 0.1) is 12.7 Å². The van der Waals surface area contributed by atoms with Gasteiger partial charge in [-0.05, 0) is 54.4 Å². The molecule has 0 unspecified atom stereocenters. The van der Waals surface area contributed by atoms with Crippen LogP contribution < -0.4 is 16.3 Å². The maximum absolute atomic E-state index is 14.1. The molecule has 0 radical (unpaired) electrons. The molecule has 3 aliphatic heterocycles. The number of halogens is 4. The lowest BCUT2D eigenvalue weighted by molar-refractivity contribution is -0.137. The number of benzene rings is 1. The van der Waals surface area contributed by atoms with Gasteiger partial charge in [0.05, 0.1) is 11.8 Å². The van der Waals surface area contributed by atoms with E-state index in [1.54, 1.807) is 18.3 Å². The first-order chi connectivity index (χ1) is 19.7. The van der Waals surface area contributed by atoms with Crippen LogP contribution in [0.2, 0.25) is 0 Å². The predicted molar refractivity (Wildman–Crippen MR) is 142 cm³/mol. The van der Waals surface area contributed by atoms with Gasteiger partial charge in [-0.1, -0.05) is 6.07 Å². The van der Waals surface area contributed by atoms with E-state index in [2.05, 4.69) is 35.6 Å². The fraction of sp³-hybridized carbons (Fsp3) is 0.143. The van der Waals surface area contributed by atoms with Gasteiger partial charge in [0.25, 0.3) is 11.5 Å². The minimum atomic E-state index is -4.59. The summed E-state index contributed by atoms with van der Waals surface area (Å²) in [5, 5.41) is 6.02. The van der Waals surface area contributed by atoms with Crippen LogP contribution in [-0.2, 0) is 12.7 Å². The number of anilines is 2. The number of aryl methyl sites for hydroxylation is 1. The largest absolute Gasteiger partial charge is 0.416 e. The summed E-state index contributed by atoms with van der Waals surface area (Å²) in [4.78, 5) is 33.4. The number of nitrogens with zero attached hydrogens (tertiary/aromatic N) is 6. The Balaban J connectivity index is 1.38. The van der Waals surface area contributed by atoms with E-state index in [-0.39, 0.29) is 17.0 Å². The van der Waals surface area contributed by atoms with Crippen molar-refractivity contribution in [2.75, 3.05) is 17.2 Å². The zero-order valence-electron chi connectivity index (χ0n) is 21.4. The van der Waals surface area contributed by atoms with E-state index in [1.807, 2.05) is 23.6 Å². The van der Waals surface area contributed by atoms with Gasteiger partial charge in [0.1, 0.15) is 23.0 Å². The lowest BCUT2D eigenvalue weighted by Gasteiger charge is -2.19. The molecule has 2 aromatic heterocycles. The van der Waals surface area contributed by atoms with E-state index in [9.17, 15) is 22.4 Å². The van der Waals surface area contributed by atoms with Gasteiger partial charge in [-0.3, -0.25) is 14.8 Å². The van der Waals surface area contributed by atoms with E-state index in [0.29, 0.717) is 36.2 Å². The summed E-state index contributed by atoms with van der Waals surface area (Å²) in [5.74, 6) is 0.0351. The van der Waals surface area contributed by atoms with Crippen LogP contribution in [0.4, 0.5) is 34.8 Å². The zero-order valence-corrected chi connectivity index (χ0v) is 21.4. The summed E-state index contributed by atoms with van der Waals surface area (Å²) in [6.07, 6.45) is 0.464. The highest BCUT2D eigenvalue weighted by atomic mass is 19.4. The van der Waals surface area contributed by atoms with Crippen molar-refractivity contribution in [1.82, 2.24) is 24.5 Å². The number of nitrogens with one attached hydrogen (secondary N) is 2. The van der Waals surface area contributed by atoms with E-state index in [4.69, 9.17) is 0 Å². The smallest absolute Gasteiger partial charge is 0.369 e. The molecular weight excluding hydrogens is 540 g/mol. The standard InChI is InChI=1S/C28H20F4N8O/c1-15-2-3-18(37-26(41)23-11-17(4-7-34-23)28(30,31)32)12-19(15)20-10-16-13-36-27(38-22-5-6-33-14-21(22)29)39-24(16)40-9-8-35-25(20)40/h2-7,10-14,35H,8-9H2,1H3,(H,37,41). The van der Waals surface area contributed by atoms with Gasteiger partial charge in [-0.2, -0.15) is 18.2 Å². The van der Waals surface area contributed by atoms with Crippen LogP contribution in [-0.4, -0.2) is 37.0 Å². The quantitative estimate of drug-likeness (QED) is 0.292. The molecule has 1 aromatic carbocycles. The fourth-order valence-corrected chi connectivity index (χ4v) is 4.60. The molecule has 0 aliphatic carbocycles. The lowest BCUT2D eigenvalue weighted by Crippen LogP contribution is -2.17. The topological polar surface area (TPSA) is 110 Å². The minimum Gasteiger partial charge on any atom is -0.369 e. The first kappa shape index (κ1) is 26.0. The van der Waals surface area contributed by atoms with Gasteiger partial charge in [0.2, 0.25) is 0 Å². The van der Waals surface area contributed by atoms with Gasteiger partial charge in [0, 0.05) is 48.5 Å². The highest BCUT2D eigenvalue weighted by Gasteiger charge is 2.31. The van der Waals surface area contributed by atoms with Gasteiger partial charge in [0.15, 0.2) is 5.82 Å². The molecule has 0 bridgehead atoms. The molecule has 0 spiro atoms. The first-order valence-corrected chi connectivity index (χ1v) is 12.4. The summed E-state index contributed by atoms with van der Waals surface area (Å²) >= 11 is 0. The van der Waals surface area contributed by atoms with Crippen LogP contribution in [0.5, 0.6) is 0 Å². The monoisotopic (exact) mass is 560 g/mol. The van der Waals surface area contributed by atoms with Crippen molar-refractivity contribution < 1.29 is 22.4 Å². The van der Waals surface area contributed by atoms with Gasteiger partial charge < -0.3 is 15.2 Å². The number of rotatable bonds is 4. The number of amides is 1. The number of carbonyl (C=O) groups is 1. The molecule has 0 saturated carbocycles. The van der Waals surface area contributed by atoms with Crippen molar-refractivity contribution in [1.29, 1.82) is 0 Å². The van der Waals surface area contributed by atoms with E-state index in [0.717, 1.165) is 41.0 Å². The molecule has 206 valence electrons. The summed E-state index contributed by atoms with van der Waals surface area (Å²) in [5.41, 5.74) is 2.46. The van der Waals surface area contributed by atoms with E-state index < -0.39 is 23.5 Å². The van der Waals surface area contributed by atoms with E-state index >= 15 is 0 Å². The number of pyridine rings is 3.